The van der Waals surface area contributed by atoms with Crippen LogP contribution in [0, 0.1) is 0 Å². The molecule has 0 unspecified atom stereocenters. The average molecular weight is 351 g/mol. The Balaban J connectivity index is 1.99. The third kappa shape index (κ3) is 2.21. The predicted octanol–water partition coefficient (Wildman–Crippen LogP) is 2.66. The molecule has 3 aromatic carbocycles. The van der Waals surface area contributed by atoms with Crippen LogP contribution in [0.3, 0.4) is 0 Å². The van der Waals surface area contributed by atoms with Crippen molar-refractivity contribution in [3.8, 4) is 0 Å². The number of imide groups is 1. The molecule has 0 aliphatic carbocycles. The van der Waals surface area contributed by atoms with Crippen molar-refractivity contribution < 1.29 is 19.5 Å². The lowest BCUT2D eigenvalue weighted by Gasteiger charge is -2.28. The Labute approximate surface area is 147 Å². The number of carbonyl (C=O) groups is 3. The van der Waals surface area contributed by atoms with Gasteiger partial charge in [0.2, 0.25) is 0 Å². The molecule has 0 atom stereocenters. The number of carboxylic acids is 1. The number of hydrogen-bond acceptors (Lipinski definition) is 4. The Bertz CT molecular complexity index is 1050. The third-order valence-corrected chi connectivity index (χ3v) is 4.46. The molecule has 1 aliphatic rings. The van der Waals surface area contributed by atoms with E-state index in [0.717, 1.165) is 4.90 Å². The van der Waals surface area contributed by atoms with E-state index in [-0.39, 0.29) is 16.7 Å². The van der Waals surface area contributed by atoms with Gasteiger partial charge in [0.05, 0.1) is 11.7 Å². The molecule has 0 saturated carbocycles. The van der Waals surface area contributed by atoms with E-state index < -0.39 is 17.8 Å². The van der Waals surface area contributed by atoms with Gasteiger partial charge in [0.25, 0.3) is 11.8 Å². The Kier molecular flexibility index (Phi) is 3.33. The van der Waals surface area contributed by atoms with Gasteiger partial charge in [0, 0.05) is 27.1 Å². The minimum Gasteiger partial charge on any atom is -0.545 e. The number of aromatic carboxylic acids is 1. The number of amides is 2. The quantitative estimate of drug-likeness (QED) is 0.666. The van der Waals surface area contributed by atoms with Gasteiger partial charge in [-0.05, 0) is 41.8 Å². The molecule has 0 saturated heterocycles. The summed E-state index contributed by atoms with van der Waals surface area (Å²) in [6.07, 6.45) is 0. The molecule has 122 valence electrons. The smallest absolute Gasteiger partial charge is 0.265 e. The van der Waals surface area contributed by atoms with E-state index in [0.29, 0.717) is 21.5 Å². The summed E-state index contributed by atoms with van der Waals surface area (Å²) in [6, 6.07) is 13.8. The first-order chi connectivity index (χ1) is 12.0. The average Bonchev–Trinajstić information content (AvgIpc) is 2.60. The van der Waals surface area contributed by atoms with Gasteiger partial charge < -0.3 is 9.90 Å². The lowest BCUT2D eigenvalue weighted by Crippen LogP contribution is -2.40. The van der Waals surface area contributed by atoms with Crippen molar-refractivity contribution in [1.29, 1.82) is 0 Å². The zero-order chi connectivity index (χ0) is 17.7. The van der Waals surface area contributed by atoms with Gasteiger partial charge in [0.15, 0.2) is 0 Å². The van der Waals surface area contributed by atoms with Crippen molar-refractivity contribution >= 4 is 45.8 Å². The van der Waals surface area contributed by atoms with E-state index in [4.69, 9.17) is 11.6 Å². The summed E-state index contributed by atoms with van der Waals surface area (Å²) in [6.45, 7) is 0. The number of benzene rings is 3. The highest BCUT2D eigenvalue weighted by molar-refractivity contribution is 6.36. The number of carbonyl (C=O) groups excluding carboxylic acids is 3. The largest absolute Gasteiger partial charge is 0.545 e. The van der Waals surface area contributed by atoms with E-state index in [1.807, 2.05) is 0 Å². The van der Waals surface area contributed by atoms with E-state index >= 15 is 0 Å². The van der Waals surface area contributed by atoms with Crippen LogP contribution in [0.2, 0.25) is 5.02 Å². The summed E-state index contributed by atoms with van der Waals surface area (Å²) in [5.74, 6) is -2.38. The van der Waals surface area contributed by atoms with Crippen LogP contribution in [-0.4, -0.2) is 17.8 Å². The maximum absolute atomic E-state index is 12.9. The molecule has 0 fully saturated rings. The summed E-state index contributed by atoms with van der Waals surface area (Å²) in [7, 11) is 0. The van der Waals surface area contributed by atoms with Crippen molar-refractivity contribution in [3.63, 3.8) is 0 Å². The first kappa shape index (κ1) is 15.4. The second kappa shape index (κ2) is 5.43. The Morgan fingerprint density at radius 3 is 2.16 bits per heavy atom. The second-order valence-corrected chi connectivity index (χ2v) is 6.03. The molecule has 6 heteroatoms. The molecule has 25 heavy (non-hydrogen) atoms. The van der Waals surface area contributed by atoms with Gasteiger partial charge >= 0.3 is 0 Å². The lowest BCUT2D eigenvalue weighted by atomic mass is 9.91. The van der Waals surface area contributed by atoms with Gasteiger partial charge in [-0.2, -0.15) is 0 Å². The first-order valence-corrected chi connectivity index (χ1v) is 7.78. The Morgan fingerprint density at radius 2 is 1.52 bits per heavy atom. The Hall–Kier alpha value is -3.18. The summed E-state index contributed by atoms with van der Waals surface area (Å²) in [4.78, 5) is 38.2. The summed E-state index contributed by atoms with van der Waals surface area (Å²) in [5.41, 5.74) is 0.877. The standard InChI is InChI=1S/C19H10ClNO4/c20-10-4-6-11(7-5-10)21-17(22)14-3-1-2-12-13(19(24)25)8-9-15(16(12)14)18(21)23/h1-9H,(H,24,25)/p-1. The van der Waals surface area contributed by atoms with Gasteiger partial charge in [0.1, 0.15) is 0 Å². The fourth-order valence-electron chi connectivity index (χ4n) is 3.10. The van der Waals surface area contributed by atoms with Crippen LogP contribution in [0.15, 0.2) is 54.6 Å². The predicted molar refractivity (Wildman–Crippen MR) is 90.9 cm³/mol. The van der Waals surface area contributed by atoms with Crippen molar-refractivity contribution in [3.05, 3.63) is 76.3 Å². The number of rotatable bonds is 2. The molecule has 5 nitrogen and oxygen atoms in total. The number of carboxylic acid groups (broad SMARTS) is 1. The summed E-state index contributed by atoms with van der Waals surface area (Å²) >= 11 is 5.87. The van der Waals surface area contributed by atoms with Crippen LogP contribution >= 0.6 is 11.6 Å². The van der Waals surface area contributed by atoms with Gasteiger partial charge in [-0.15, -0.1) is 0 Å². The molecule has 0 aromatic heterocycles. The molecule has 1 heterocycles. The van der Waals surface area contributed by atoms with E-state index in [9.17, 15) is 19.5 Å². The number of nitrogens with zero attached hydrogens (tertiary/aromatic N) is 1. The van der Waals surface area contributed by atoms with E-state index in [2.05, 4.69) is 0 Å². The van der Waals surface area contributed by atoms with Gasteiger partial charge in [-0.25, -0.2) is 4.90 Å². The minimum atomic E-state index is -1.36. The molecule has 0 radical (unpaired) electrons. The van der Waals surface area contributed by atoms with Gasteiger partial charge in [-0.3, -0.25) is 9.59 Å². The van der Waals surface area contributed by atoms with Gasteiger partial charge in [-0.1, -0.05) is 29.8 Å². The van der Waals surface area contributed by atoms with Crippen LogP contribution < -0.4 is 10.0 Å². The molecular formula is C19H9ClNO4-. The van der Waals surface area contributed by atoms with Crippen molar-refractivity contribution in [2.24, 2.45) is 0 Å². The first-order valence-electron chi connectivity index (χ1n) is 7.40. The normalized spacial score (nSPS) is 13.4. The maximum Gasteiger partial charge on any atom is 0.265 e. The molecule has 0 spiro atoms. The highest BCUT2D eigenvalue weighted by Crippen LogP contribution is 2.34. The highest BCUT2D eigenvalue weighted by atomic mass is 35.5. The molecule has 0 N–H and O–H groups in total. The number of halogens is 1. The third-order valence-electron chi connectivity index (χ3n) is 4.21. The molecule has 3 aromatic rings. The maximum atomic E-state index is 12.9. The van der Waals surface area contributed by atoms with Crippen molar-refractivity contribution in [1.82, 2.24) is 0 Å². The topological polar surface area (TPSA) is 77.5 Å². The van der Waals surface area contributed by atoms with Crippen LogP contribution in [0.5, 0.6) is 0 Å². The summed E-state index contributed by atoms with van der Waals surface area (Å²) in [5, 5.41) is 12.5. The van der Waals surface area contributed by atoms with E-state index in [1.165, 1.54) is 12.1 Å². The highest BCUT2D eigenvalue weighted by Gasteiger charge is 2.34. The number of hydrogen-bond donors (Lipinski definition) is 0. The fourth-order valence-corrected chi connectivity index (χ4v) is 3.22. The molecule has 2 amide bonds. The zero-order valence-electron chi connectivity index (χ0n) is 12.7. The summed E-state index contributed by atoms with van der Waals surface area (Å²) < 4.78 is 0. The monoisotopic (exact) mass is 350 g/mol. The second-order valence-electron chi connectivity index (χ2n) is 5.60. The van der Waals surface area contributed by atoms with Crippen LogP contribution in [0.1, 0.15) is 31.1 Å². The minimum absolute atomic E-state index is 0.0545. The molecule has 4 rings (SSSR count). The fraction of sp³-hybridized carbons (Fsp3) is 0. The van der Waals surface area contributed by atoms with E-state index in [1.54, 1.807) is 42.5 Å². The van der Waals surface area contributed by atoms with Crippen molar-refractivity contribution in [2.75, 3.05) is 4.90 Å². The Morgan fingerprint density at radius 1 is 0.880 bits per heavy atom. The van der Waals surface area contributed by atoms with Crippen molar-refractivity contribution in [2.45, 2.75) is 0 Å². The molecule has 0 bridgehead atoms. The number of anilines is 1. The molecular weight excluding hydrogens is 342 g/mol. The zero-order valence-corrected chi connectivity index (χ0v) is 13.4. The lowest BCUT2D eigenvalue weighted by molar-refractivity contribution is -0.254. The SMILES string of the molecule is O=C([O-])c1ccc2c3c(cccc13)C(=O)N(c1ccc(Cl)cc1)C2=O. The molecule has 1 aliphatic heterocycles. The van der Waals surface area contributed by atoms with Crippen LogP contribution in [-0.2, 0) is 0 Å². The van der Waals surface area contributed by atoms with Crippen LogP contribution in [0.4, 0.5) is 5.69 Å². The van der Waals surface area contributed by atoms with Crippen LogP contribution in [0.25, 0.3) is 10.8 Å².